The average Bonchev–Trinajstić information content (AvgIpc) is 3.66. The van der Waals surface area contributed by atoms with Crippen LogP contribution in [0.15, 0.2) is 48.5 Å². The molecule has 4 aliphatic rings. The molecule has 3 heterocycles. The van der Waals surface area contributed by atoms with E-state index in [1.165, 1.54) is 20.8 Å². The Morgan fingerprint density at radius 1 is 0.606 bits per heavy atom. The third-order valence-electron chi connectivity index (χ3n) is 12.0. The van der Waals surface area contributed by atoms with E-state index < -0.39 is 173 Å². The molecule has 6 rings (SSSR count). The molecule has 394 valence electrons. The van der Waals surface area contributed by atoms with Crippen LogP contribution in [0.25, 0.3) is 11.1 Å². The van der Waals surface area contributed by atoms with E-state index in [2.05, 4.69) is 21.3 Å². The summed E-state index contributed by atoms with van der Waals surface area (Å²) in [7, 11) is 0. The van der Waals surface area contributed by atoms with E-state index >= 15 is 0 Å². The Morgan fingerprint density at radius 3 is 1.68 bits per heavy atom. The lowest BCUT2D eigenvalue weighted by Crippen LogP contribution is -2.67. The number of nitrogens with one attached hydrogen (secondary N) is 4. The van der Waals surface area contributed by atoms with Crippen molar-refractivity contribution in [1.82, 2.24) is 21.3 Å². The van der Waals surface area contributed by atoms with E-state index in [0.29, 0.717) is 0 Å². The maximum atomic E-state index is 13.4. The van der Waals surface area contributed by atoms with Gasteiger partial charge in [-0.25, -0.2) is 9.59 Å². The molecule has 26 nitrogen and oxygen atoms in total. The number of alkyl carbamates (subject to hydrolysis) is 1. The lowest BCUT2D eigenvalue weighted by Gasteiger charge is -2.48. The summed E-state index contributed by atoms with van der Waals surface area (Å²) in [5, 5.41) is 114. The summed E-state index contributed by atoms with van der Waals surface area (Å²) >= 11 is 0. The van der Waals surface area contributed by atoms with Crippen molar-refractivity contribution in [3.05, 3.63) is 59.7 Å². The number of carbonyl (C=O) groups excluding carboxylic acids is 5. The summed E-state index contributed by atoms with van der Waals surface area (Å²) in [4.78, 5) is 64.7. The molecule has 3 aliphatic heterocycles. The largest absolute Gasteiger partial charge is 0.458 e. The van der Waals surface area contributed by atoms with Crippen molar-refractivity contribution < 1.29 is 108 Å². The molecule has 26 heteroatoms. The van der Waals surface area contributed by atoms with Crippen LogP contribution < -0.4 is 21.3 Å². The van der Waals surface area contributed by atoms with Crippen molar-refractivity contribution in [2.45, 2.75) is 137 Å². The maximum absolute atomic E-state index is 13.4. The van der Waals surface area contributed by atoms with Crippen LogP contribution in [0, 0.1) is 0 Å². The number of esters is 1. The van der Waals surface area contributed by atoms with E-state index in [1.807, 2.05) is 48.5 Å². The van der Waals surface area contributed by atoms with Gasteiger partial charge in [-0.15, -0.1) is 0 Å². The molecule has 0 aromatic heterocycles. The Morgan fingerprint density at radius 2 is 1.11 bits per heavy atom. The van der Waals surface area contributed by atoms with Crippen LogP contribution in [-0.4, -0.2) is 224 Å². The van der Waals surface area contributed by atoms with Crippen LogP contribution in [0.4, 0.5) is 4.79 Å². The van der Waals surface area contributed by atoms with Gasteiger partial charge in [0.05, 0.1) is 32.8 Å². The van der Waals surface area contributed by atoms with Crippen LogP contribution in [-0.2, 0) is 52.3 Å². The van der Waals surface area contributed by atoms with E-state index in [1.54, 1.807) is 0 Å². The van der Waals surface area contributed by atoms with Crippen molar-refractivity contribution in [1.29, 1.82) is 0 Å². The maximum Gasteiger partial charge on any atom is 0.407 e. The van der Waals surface area contributed by atoms with Crippen LogP contribution >= 0.6 is 0 Å². The number of hydrogen-bond acceptors (Lipinski definition) is 22. The molecule has 14 N–H and O–H groups in total. The first kappa shape index (κ1) is 55.3. The van der Waals surface area contributed by atoms with Crippen molar-refractivity contribution >= 4 is 29.8 Å². The van der Waals surface area contributed by atoms with Gasteiger partial charge in [-0.2, -0.15) is 0 Å². The fourth-order valence-corrected chi connectivity index (χ4v) is 8.45. The minimum absolute atomic E-state index is 0.00772. The van der Waals surface area contributed by atoms with Crippen molar-refractivity contribution in [3.8, 4) is 11.1 Å². The highest BCUT2D eigenvalue weighted by molar-refractivity contribution is 5.92. The second kappa shape index (κ2) is 24.1. The summed E-state index contributed by atoms with van der Waals surface area (Å²) in [6, 6.07) is 13.8. The van der Waals surface area contributed by atoms with Gasteiger partial charge in [0.2, 0.25) is 17.7 Å². The zero-order valence-electron chi connectivity index (χ0n) is 38.8. The Kier molecular flexibility index (Phi) is 18.8. The van der Waals surface area contributed by atoms with Gasteiger partial charge in [-0.05, 0) is 43.0 Å². The average molecular weight is 1010 g/mol. The van der Waals surface area contributed by atoms with Crippen molar-refractivity contribution in [2.24, 2.45) is 0 Å². The minimum Gasteiger partial charge on any atom is -0.458 e. The van der Waals surface area contributed by atoms with E-state index in [4.69, 9.17) is 33.2 Å². The first-order chi connectivity index (χ1) is 33.7. The molecule has 0 radical (unpaired) electrons. The second-order valence-electron chi connectivity index (χ2n) is 18.2. The molecule has 71 heavy (non-hydrogen) atoms. The van der Waals surface area contributed by atoms with Crippen LogP contribution in [0.3, 0.4) is 0 Å². The number of fused-ring (bicyclic) bond motifs is 3. The second-order valence-corrected chi connectivity index (χ2v) is 18.2. The van der Waals surface area contributed by atoms with Gasteiger partial charge in [-0.1, -0.05) is 48.5 Å². The number of hydrogen-bond donors (Lipinski definition) is 14. The molecule has 16 atom stereocenters. The molecule has 1 aliphatic carbocycles. The van der Waals surface area contributed by atoms with Gasteiger partial charge in [0.1, 0.15) is 98.0 Å². The molecule has 3 fully saturated rings. The third-order valence-corrected chi connectivity index (χ3v) is 12.0. The van der Waals surface area contributed by atoms with Crippen LogP contribution in [0.1, 0.15) is 44.2 Å². The zero-order chi connectivity index (χ0) is 51.9. The number of aliphatic hydroxyl groups is 10. The normalized spacial score (nSPS) is 32.1. The molecular weight excluding hydrogens is 949 g/mol. The lowest BCUT2D eigenvalue weighted by molar-refractivity contribution is -0.373. The van der Waals surface area contributed by atoms with Gasteiger partial charge in [-0.3, -0.25) is 14.4 Å². The molecule has 0 bridgehead atoms. The minimum atomic E-state index is -2.08. The summed E-state index contributed by atoms with van der Waals surface area (Å²) in [5.74, 6) is -4.12. The summed E-state index contributed by atoms with van der Waals surface area (Å²) < 4.78 is 38.4. The number of rotatable bonds is 18. The summed E-state index contributed by atoms with van der Waals surface area (Å²) in [6.45, 7) is 0.556. The first-order valence-electron chi connectivity index (χ1n) is 22.7. The zero-order valence-corrected chi connectivity index (χ0v) is 38.8. The Bertz CT molecular complexity index is 2110. The number of benzene rings is 2. The Hall–Kier alpha value is -5.01. The highest BCUT2D eigenvalue weighted by atomic mass is 16.7. The number of aliphatic hydroxyl groups excluding tert-OH is 10. The quantitative estimate of drug-likeness (QED) is 0.0619. The number of ether oxygens (including phenoxy) is 7. The highest BCUT2D eigenvalue weighted by Gasteiger charge is 2.53. The summed E-state index contributed by atoms with van der Waals surface area (Å²) in [6.07, 6.45) is -29.1. The van der Waals surface area contributed by atoms with Crippen molar-refractivity contribution in [3.63, 3.8) is 0 Å². The molecule has 2 aromatic rings. The molecule has 0 saturated carbocycles. The monoisotopic (exact) mass is 1010 g/mol. The van der Waals surface area contributed by atoms with Crippen LogP contribution in [0.2, 0.25) is 0 Å². The smallest absolute Gasteiger partial charge is 0.407 e. The van der Waals surface area contributed by atoms with Gasteiger partial charge in [0.15, 0.2) is 18.8 Å². The van der Waals surface area contributed by atoms with E-state index in [-0.39, 0.29) is 12.5 Å². The molecule has 2 aromatic carbocycles. The Labute approximate surface area is 405 Å². The molecular formula is C45H62N4O22. The number of carbonyl (C=O) groups is 5. The lowest BCUT2D eigenvalue weighted by atomic mass is 9.95. The van der Waals surface area contributed by atoms with Gasteiger partial charge in [0, 0.05) is 5.92 Å². The third kappa shape index (κ3) is 13.3. The molecule has 3 saturated heterocycles. The molecule has 0 spiro atoms. The topological polar surface area (TPSA) is 400 Å². The van der Waals surface area contributed by atoms with Gasteiger partial charge in [0.25, 0.3) is 0 Å². The first-order valence-corrected chi connectivity index (χ1v) is 22.7. The summed E-state index contributed by atoms with van der Waals surface area (Å²) in [5.41, 5.74) is 2.93. The molecule has 0 unspecified atom stereocenters. The standard InChI is InChI=1S/C45H62N4O22/c1-45(2,3)71-41(63)24(48-30(55)14-46-29(54)13-47-44(64)65-18-23-21-10-6-4-8-19(21)20-9-5-7-11-22(20)23)12-28(53)49-40-35(60)33(58)38(26(16-51)66-40)69-43-37(62)34(59)39(27(17-52)68-43)70-42-36(61)32(57)31(56)25(15-50)67-42/h4-11,23-27,31-40,42-43,50-52,56-62H,12-18H2,1-3H3,(H,46,54)(H,47,64)(H,48,55)(H,49,53)/t24-,25+,26+,27+,31+,32-,33+,34+,35+,36+,37+,38+,39+,40+,42+,43+/m0/s1. The fourth-order valence-electron chi connectivity index (χ4n) is 8.45. The van der Waals surface area contributed by atoms with Gasteiger partial charge < -0.3 is 105 Å². The van der Waals surface area contributed by atoms with Crippen LogP contribution in [0.5, 0.6) is 0 Å². The predicted octanol–water partition coefficient (Wildman–Crippen LogP) is -5.58. The fraction of sp³-hybridized carbons (Fsp3) is 0.622. The highest BCUT2D eigenvalue weighted by Crippen LogP contribution is 2.44. The molecule has 4 amide bonds. The van der Waals surface area contributed by atoms with E-state index in [9.17, 15) is 75.0 Å². The van der Waals surface area contributed by atoms with E-state index in [0.717, 1.165) is 22.3 Å². The predicted molar refractivity (Wildman–Crippen MR) is 236 cm³/mol. The Balaban J connectivity index is 0.987. The van der Waals surface area contributed by atoms with Crippen molar-refractivity contribution in [2.75, 3.05) is 39.5 Å². The SMILES string of the molecule is CC(C)(C)OC(=O)[C@H](CC(=O)N[C@@H]1O[C@H](CO)[C@@H](O[C@H]2O[C@H](CO)[C@@H](O[C@H]3O[C@H](CO)[C@@H](O)[C@H](O)[C@H]3O)[C@H](O)[C@H]2O)[C@H](O)[C@H]1O)NC(=O)CNC(=O)CNC(=O)OCC1c2ccccc2-c2ccccc21. The van der Waals surface area contributed by atoms with Gasteiger partial charge >= 0.3 is 12.1 Å². The number of amides is 4.